The van der Waals surface area contributed by atoms with Crippen LogP contribution in [0.4, 0.5) is 5.13 Å². The predicted molar refractivity (Wildman–Crippen MR) is 120 cm³/mol. The number of nitrogens with one attached hydrogen (secondary N) is 1. The number of amides is 1. The lowest BCUT2D eigenvalue weighted by Crippen LogP contribution is -2.24. The summed E-state index contributed by atoms with van der Waals surface area (Å²) in [5.74, 6) is 0.0198. The number of hydrogen-bond donors (Lipinski definition) is 1. The molecular weight excluding hydrogens is 400 g/mol. The van der Waals surface area contributed by atoms with Crippen molar-refractivity contribution in [3.8, 4) is 5.75 Å². The normalized spacial score (nSPS) is 11.8. The predicted octanol–water partition coefficient (Wildman–Crippen LogP) is 5.44. The number of benzene rings is 1. The van der Waals surface area contributed by atoms with Crippen molar-refractivity contribution in [1.82, 2.24) is 4.98 Å². The van der Waals surface area contributed by atoms with E-state index in [1.54, 1.807) is 12.3 Å². The van der Waals surface area contributed by atoms with Gasteiger partial charge in [0.2, 0.25) is 5.91 Å². The lowest BCUT2D eigenvalue weighted by Gasteiger charge is -2.33. The first kappa shape index (κ1) is 23.9. The van der Waals surface area contributed by atoms with Gasteiger partial charge in [-0.3, -0.25) is 4.79 Å². The van der Waals surface area contributed by atoms with E-state index in [0.717, 1.165) is 12.2 Å². The first-order valence-corrected chi connectivity index (χ1v) is 11.0. The number of carbonyl (C=O) groups excluding carboxylic acids is 2. The fourth-order valence-electron chi connectivity index (χ4n) is 3.50. The Morgan fingerprint density at radius 3 is 2.37 bits per heavy atom. The number of aromatic nitrogens is 1. The zero-order valence-electron chi connectivity index (χ0n) is 18.7. The van der Waals surface area contributed by atoms with Crippen molar-refractivity contribution < 1.29 is 19.1 Å². The van der Waals surface area contributed by atoms with Gasteiger partial charge in [0.15, 0.2) is 10.8 Å². The molecule has 7 heteroatoms. The van der Waals surface area contributed by atoms with E-state index in [0.29, 0.717) is 5.13 Å². The fraction of sp³-hybridized carbons (Fsp3) is 0.522. The van der Waals surface area contributed by atoms with Gasteiger partial charge in [-0.05, 0) is 41.9 Å². The first-order chi connectivity index (χ1) is 14.0. The molecule has 164 valence electrons. The molecule has 0 saturated carbocycles. The molecule has 0 aliphatic heterocycles. The Labute approximate surface area is 183 Å². The van der Waals surface area contributed by atoms with E-state index in [9.17, 15) is 9.59 Å². The van der Waals surface area contributed by atoms with Gasteiger partial charge in [0.05, 0.1) is 19.6 Å². The molecule has 0 atom stereocenters. The summed E-state index contributed by atoms with van der Waals surface area (Å²) in [4.78, 5) is 27.8. The van der Waals surface area contributed by atoms with Gasteiger partial charge in [-0.25, -0.2) is 9.78 Å². The van der Waals surface area contributed by atoms with Crippen molar-refractivity contribution >= 4 is 28.3 Å². The Kier molecular flexibility index (Phi) is 8.01. The molecule has 0 aliphatic carbocycles. The van der Waals surface area contributed by atoms with E-state index in [1.165, 1.54) is 16.9 Å². The number of rotatable bonds is 9. The van der Waals surface area contributed by atoms with Crippen LogP contribution >= 0.6 is 11.3 Å². The summed E-state index contributed by atoms with van der Waals surface area (Å²) < 4.78 is 10.6. The topological polar surface area (TPSA) is 77.5 Å². The summed E-state index contributed by atoms with van der Waals surface area (Å²) in [6.45, 7) is 13.5. The molecule has 1 heterocycles. The highest BCUT2D eigenvalue weighted by Crippen LogP contribution is 2.36. The third-order valence-corrected chi connectivity index (χ3v) is 5.20. The zero-order chi connectivity index (χ0) is 22.4. The average molecular weight is 433 g/mol. The highest BCUT2D eigenvalue weighted by molar-refractivity contribution is 7.14. The molecule has 30 heavy (non-hydrogen) atoms. The van der Waals surface area contributed by atoms with Crippen LogP contribution in [-0.2, 0) is 14.9 Å². The van der Waals surface area contributed by atoms with Gasteiger partial charge in [0.1, 0.15) is 5.75 Å². The fourth-order valence-corrected chi connectivity index (χ4v) is 4.20. The molecule has 0 saturated heterocycles. The van der Waals surface area contributed by atoms with Crippen LogP contribution in [0.2, 0.25) is 0 Å². The third kappa shape index (κ3) is 7.44. The largest absolute Gasteiger partial charge is 0.493 e. The summed E-state index contributed by atoms with van der Waals surface area (Å²) in [7, 11) is 0. The zero-order valence-corrected chi connectivity index (χ0v) is 19.5. The third-order valence-electron chi connectivity index (χ3n) is 4.44. The maximum atomic E-state index is 12.1. The van der Waals surface area contributed by atoms with E-state index in [2.05, 4.69) is 57.1 Å². The summed E-state index contributed by atoms with van der Waals surface area (Å²) >= 11 is 1.18. The van der Waals surface area contributed by atoms with Crippen molar-refractivity contribution in [2.75, 3.05) is 18.5 Å². The van der Waals surface area contributed by atoms with Crippen molar-refractivity contribution in [2.24, 2.45) is 5.41 Å². The van der Waals surface area contributed by atoms with Crippen LogP contribution in [-0.4, -0.2) is 30.1 Å². The second-order valence-corrected chi connectivity index (χ2v) is 9.91. The molecule has 2 aromatic rings. The molecule has 0 aliphatic rings. The van der Waals surface area contributed by atoms with Crippen LogP contribution in [0.15, 0.2) is 29.6 Å². The molecule has 1 amide bonds. The average Bonchev–Trinajstić information content (AvgIpc) is 3.09. The van der Waals surface area contributed by atoms with E-state index in [-0.39, 0.29) is 42.1 Å². The van der Waals surface area contributed by atoms with Crippen molar-refractivity contribution in [3.63, 3.8) is 0 Å². The molecule has 6 nitrogen and oxygen atoms in total. The van der Waals surface area contributed by atoms with Gasteiger partial charge in [0, 0.05) is 5.38 Å². The quantitative estimate of drug-likeness (QED) is 0.534. The number of anilines is 1. The number of carbonyl (C=O) groups is 2. The van der Waals surface area contributed by atoms with Gasteiger partial charge in [-0.1, -0.05) is 46.8 Å². The van der Waals surface area contributed by atoms with Crippen LogP contribution in [0.25, 0.3) is 0 Å². The van der Waals surface area contributed by atoms with Crippen LogP contribution < -0.4 is 10.1 Å². The van der Waals surface area contributed by atoms with Gasteiger partial charge in [-0.15, -0.1) is 11.3 Å². The van der Waals surface area contributed by atoms with Gasteiger partial charge in [-0.2, -0.15) is 0 Å². The molecule has 0 unspecified atom stereocenters. The number of ether oxygens (including phenoxy) is 2. The number of hydrogen-bond acceptors (Lipinski definition) is 6. The van der Waals surface area contributed by atoms with E-state index in [4.69, 9.17) is 9.47 Å². The van der Waals surface area contributed by atoms with Crippen LogP contribution in [0, 0.1) is 5.41 Å². The van der Waals surface area contributed by atoms with Crippen molar-refractivity contribution in [3.05, 3.63) is 40.9 Å². The van der Waals surface area contributed by atoms with E-state index in [1.807, 2.05) is 12.1 Å². The minimum Gasteiger partial charge on any atom is -0.493 e. The maximum Gasteiger partial charge on any atom is 0.357 e. The number of thiazole rings is 1. The monoisotopic (exact) mass is 432 g/mol. The van der Waals surface area contributed by atoms with Crippen LogP contribution in [0.3, 0.4) is 0 Å². The molecule has 0 spiro atoms. The minimum atomic E-state index is -0.494. The lowest BCUT2D eigenvalue weighted by atomic mass is 9.72. The molecule has 0 radical (unpaired) electrons. The highest BCUT2D eigenvalue weighted by atomic mass is 32.1. The van der Waals surface area contributed by atoms with Crippen LogP contribution in [0.5, 0.6) is 5.75 Å². The van der Waals surface area contributed by atoms with Gasteiger partial charge < -0.3 is 14.8 Å². The highest BCUT2D eigenvalue weighted by Gasteiger charge is 2.27. The maximum absolute atomic E-state index is 12.1. The van der Waals surface area contributed by atoms with Crippen molar-refractivity contribution in [1.29, 1.82) is 0 Å². The first-order valence-electron chi connectivity index (χ1n) is 10.2. The minimum absolute atomic E-state index is 0.0762. The second kappa shape index (κ2) is 10.1. The lowest BCUT2D eigenvalue weighted by molar-refractivity contribution is -0.116. The van der Waals surface area contributed by atoms with Gasteiger partial charge in [0.25, 0.3) is 0 Å². The van der Waals surface area contributed by atoms with Gasteiger partial charge >= 0.3 is 5.97 Å². The standard InChI is InChI=1S/C23H32N2O4S/c1-7-28-20(27)18-14-30-21(24-18)25-19(26)12-13-29-17-10-8-16(9-11-17)23(5,6)15-22(2,3)4/h8-11,14H,7,12-13,15H2,1-6H3,(H,24,25,26). The smallest absolute Gasteiger partial charge is 0.357 e. The molecule has 0 fully saturated rings. The molecule has 1 aromatic carbocycles. The Morgan fingerprint density at radius 1 is 1.10 bits per heavy atom. The Morgan fingerprint density at radius 2 is 1.77 bits per heavy atom. The summed E-state index contributed by atoms with van der Waals surface area (Å²) in [6, 6.07) is 8.08. The van der Waals surface area contributed by atoms with E-state index < -0.39 is 5.97 Å². The Bertz CT molecular complexity index is 851. The summed E-state index contributed by atoms with van der Waals surface area (Å²) in [5, 5.41) is 4.61. The van der Waals surface area contributed by atoms with Crippen LogP contribution in [0.1, 0.15) is 70.4 Å². The SMILES string of the molecule is CCOC(=O)c1csc(NC(=O)CCOc2ccc(C(C)(C)CC(C)(C)C)cc2)n1. The summed E-state index contributed by atoms with van der Waals surface area (Å²) in [6.07, 6.45) is 1.26. The van der Waals surface area contributed by atoms with Crippen molar-refractivity contribution in [2.45, 2.75) is 59.8 Å². The number of nitrogens with zero attached hydrogens (tertiary/aromatic N) is 1. The number of esters is 1. The molecular formula is C23H32N2O4S. The Hall–Kier alpha value is -2.41. The molecule has 0 bridgehead atoms. The molecule has 1 aromatic heterocycles. The summed E-state index contributed by atoms with van der Waals surface area (Å²) in [5.41, 5.74) is 1.79. The molecule has 2 rings (SSSR count). The van der Waals surface area contributed by atoms with E-state index >= 15 is 0 Å². The molecule has 1 N–H and O–H groups in total. The second-order valence-electron chi connectivity index (χ2n) is 9.05. The Balaban J connectivity index is 1.81.